The van der Waals surface area contributed by atoms with Gasteiger partial charge in [-0.25, -0.2) is 0 Å². The molecule has 0 saturated carbocycles. The molecule has 3 N–H and O–H groups in total. The molecule has 0 aliphatic rings. The number of aryl methyl sites for hydroxylation is 1. The van der Waals surface area contributed by atoms with Gasteiger partial charge in [-0.1, -0.05) is 6.07 Å². The number of hydrogen-bond donors (Lipinski definition) is 2. The fraction of sp³-hybridized carbons (Fsp3) is 0.400. The van der Waals surface area contributed by atoms with Gasteiger partial charge < -0.3 is 15.6 Å². The Morgan fingerprint density at radius 2 is 2.21 bits per heavy atom. The lowest BCUT2D eigenvalue weighted by Gasteiger charge is -2.17. The van der Waals surface area contributed by atoms with E-state index in [1.807, 2.05) is 19.1 Å². The van der Waals surface area contributed by atoms with Crippen LogP contribution in [0.3, 0.4) is 0 Å². The first-order valence-corrected chi connectivity index (χ1v) is 5.12. The van der Waals surface area contributed by atoms with Crippen molar-refractivity contribution >= 4 is 15.9 Å². The summed E-state index contributed by atoms with van der Waals surface area (Å²) < 4.78 is 6.04. The molecule has 0 spiro atoms. The summed E-state index contributed by atoms with van der Waals surface area (Å²) in [7, 11) is 1.58. The molecule has 1 atom stereocenters. The van der Waals surface area contributed by atoms with Crippen molar-refractivity contribution in [2.45, 2.75) is 13.0 Å². The maximum absolute atomic E-state index is 9.72. The van der Waals surface area contributed by atoms with Crippen LogP contribution in [-0.2, 0) is 0 Å². The first kappa shape index (κ1) is 11.5. The molecule has 0 aliphatic heterocycles. The van der Waals surface area contributed by atoms with E-state index in [1.165, 1.54) is 0 Å². The molecule has 1 aromatic carbocycles. The van der Waals surface area contributed by atoms with Gasteiger partial charge in [0.05, 0.1) is 17.7 Å². The number of nitrogens with two attached hydrogens (primary N) is 1. The monoisotopic (exact) mass is 259 g/mol. The van der Waals surface area contributed by atoms with Crippen LogP contribution in [0.5, 0.6) is 5.75 Å². The lowest BCUT2D eigenvalue weighted by Crippen LogP contribution is -2.14. The summed E-state index contributed by atoms with van der Waals surface area (Å²) >= 11 is 3.36. The van der Waals surface area contributed by atoms with Gasteiger partial charge in [-0.2, -0.15) is 0 Å². The molecule has 0 aliphatic carbocycles. The van der Waals surface area contributed by atoms with E-state index in [-0.39, 0.29) is 6.54 Å². The Hall–Kier alpha value is -0.580. The molecule has 0 radical (unpaired) electrons. The molecular formula is C10H14BrNO2. The third kappa shape index (κ3) is 2.08. The van der Waals surface area contributed by atoms with E-state index in [9.17, 15) is 5.11 Å². The molecule has 78 valence electrons. The minimum Gasteiger partial charge on any atom is -0.495 e. The van der Waals surface area contributed by atoms with Crippen LogP contribution >= 0.6 is 15.9 Å². The molecule has 3 nitrogen and oxygen atoms in total. The molecule has 0 heterocycles. The van der Waals surface area contributed by atoms with E-state index in [0.29, 0.717) is 5.75 Å². The van der Waals surface area contributed by atoms with Gasteiger partial charge >= 0.3 is 0 Å². The van der Waals surface area contributed by atoms with E-state index in [1.54, 1.807) is 7.11 Å². The fourth-order valence-electron chi connectivity index (χ4n) is 1.41. The molecule has 1 unspecified atom stereocenters. The molecule has 1 aromatic rings. The second-order valence-electron chi connectivity index (χ2n) is 3.06. The SMILES string of the molecule is COc1c(Br)ccc(C)c1C(O)CN. The second-order valence-corrected chi connectivity index (χ2v) is 3.92. The zero-order chi connectivity index (χ0) is 10.7. The molecule has 1 rings (SSSR count). The van der Waals surface area contributed by atoms with Crippen molar-refractivity contribution < 1.29 is 9.84 Å². The first-order chi connectivity index (χ1) is 6.61. The lowest BCUT2D eigenvalue weighted by atomic mass is 10.0. The highest BCUT2D eigenvalue weighted by Gasteiger charge is 2.16. The Morgan fingerprint density at radius 1 is 1.57 bits per heavy atom. The minimum absolute atomic E-state index is 0.188. The van der Waals surface area contributed by atoms with Crippen LogP contribution in [-0.4, -0.2) is 18.8 Å². The highest BCUT2D eigenvalue weighted by Crippen LogP contribution is 2.34. The number of hydrogen-bond acceptors (Lipinski definition) is 3. The third-order valence-electron chi connectivity index (χ3n) is 2.13. The predicted molar refractivity (Wildman–Crippen MR) is 59.4 cm³/mol. The van der Waals surface area contributed by atoms with Crippen molar-refractivity contribution in [3.8, 4) is 5.75 Å². The van der Waals surface area contributed by atoms with Gasteiger partial charge in [0.2, 0.25) is 0 Å². The van der Waals surface area contributed by atoms with Gasteiger partial charge in [0.15, 0.2) is 0 Å². The van der Waals surface area contributed by atoms with Gasteiger partial charge in [-0.05, 0) is 34.5 Å². The Morgan fingerprint density at radius 3 is 2.71 bits per heavy atom. The van der Waals surface area contributed by atoms with Crippen molar-refractivity contribution in [3.05, 3.63) is 27.7 Å². The maximum Gasteiger partial charge on any atom is 0.139 e. The fourth-order valence-corrected chi connectivity index (χ4v) is 1.92. The zero-order valence-electron chi connectivity index (χ0n) is 8.25. The molecule has 0 saturated heterocycles. The van der Waals surface area contributed by atoms with E-state index < -0.39 is 6.10 Å². The second kappa shape index (κ2) is 4.77. The lowest BCUT2D eigenvalue weighted by molar-refractivity contribution is 0.181. The average Bonchev–Trinajstić information content (AvgIpc) is 2.19. The van der Waals surface area contributed by atoms with Crippen LogP contribution in [0.2, 0.25) is 0 Å². The van der Waals surface area contributed by atoms with Gasteiger partial charge in [-0.3, -0.25) is 0 Å². The van der Waals surface area contributed by atoms with Crippen molar-refractivity contribution in [2.24, 2.45) is 5.73 Å². The average molecular weight is 260 g/mol. The quantitative estimate of drug-likeness (QED) is 0.870. The number of aliphatic hydroxyl groups is 1. The van der Waals surface area contributed by atoms with Crippen molar-refractivity contribution in [1.82, 2.24) is 0 Å². The van der Waals surface area contributed by atoms with Gasteiger partial charge in [0.1, 0.15) is 5.75 Å². The standard InChI is InChI=1S/C10H14BrNO2/c1-6-3-4-7(11)10(14-2)9(6)8(13)5-12/h3-4,8,13H,5,12H2,1-2H3. The van der Waals surface area contributed by atoms with Crippen LogP contribution in [0.15, 0.2) is 16.6 Å². The summed E-state index contributed by atoms with van der Waals surface area (Å²) in [6.45, 7) is 2.11. The summed E-state index contributed by atoms with van der Waals surface area (Å²) in [5, 5.41) is 9.72. The summed E-state index contributed by atoms with van der Waals surface area (Å²) in [5.74, 6) is 0.656. The minimum atomic E-state index is -0.678. The van der Waals surface area contributed by atoms with Gasteiger partial charge in [0, 0.05) is 12.1 Å². The summed E-state index contributed by atoms with van der Waals surface area (Å²) in [6, 6.07) is 3.81. The summed E-state index contributed by atoms with van der Waals surface area (Å²) in [4.78, 5) is 0. The molecule has 0 fully saturated rings. The van der Waals surface area contributed by atoms with Crippen molar-refractivity contribution in [2.75, 3.05) is 13.7 Å². The Bertz CT molecular complexity index is 328. The van der Waals surface area contributed by atoms with Crippen molar-refractivity contribution in [3.63, 3.8) is 0 Å². The molecule has 0 bridgehead atoms. The van der Waals surface area contributed by atoms with E-state index in [4.69, 9.17) is 10.5 Å². The number of ether oxygens (including phenoxy) is 1. The van der Waals surface area contributed by atoms with Crippen LogP contribution in [0.4, 0.5) is 0 Å². The number of aliphatic hydroxyl groups excluding tert-OH is 1. The van der Waals surface area contributed by atoms with Crippen LogP contribution in [0, 0.1) is 6.92 Å². The summed E-state index contributed by atoms with van der Waals surface area (Å²) in [5.41, 5.74) is 7.15. The van der Waals surface area contributed by atoms with Gasteiger partial charge in [-0.15, -0.1) is 0 Å². The maximum atomic E-state index is 9.72. The highest BCUT2D eigenvalue weighted by molar-refractivity contribution is 9.10. The highest BCUT2D eigenvalue weighted by atomic mass is 79.9. The number of rotatable bonds is 3. The van der Waals surface area contributed by atoms with Crippen LogP contribution in [0.25, 0.3) is 0 Å². The molecule has 4 heteroatoms. The normalized spacial score (nSPS) is 12.6. The van der Waals surface area contributed by atoms with E-state index in [2.05, 4.69) is 15.9 Å². The first-order valence-electron chi connectivity index (χ1n) is 4.33. The van der Waals surface area contributed by atoms with Gasteiger partial charge in [0.25, 0.3) is 0 Å². The van der Waals surface area contributed by atoms with E-state index in [0.717, 1.165) is 15.6 Å². The summed E-state index contributed by atoms with van der Waals surface area (Å²) in [6.07, 6.45) is -0.678. The smallest absolute Gasteiger partial charge is 0.139 e. The molecule has 0 aromatic heterocycles. The molecule has 14 heavy (non-hydrogen) atoms. The largest absolute Gasteiger partial charge is 0.495 e. The van der Waals surface area contributed by atoms with Crippen LogP contribution < -0.4 is 10.5 Å². The number of halogens is 1. The van der Waals surface area contributed by atoms with Crippen LogP contribution in [0.1, 0.15) is 17.2 Å². The Balaban J connectivity index is 3.29. The molecule has 0 amide bonds. The van der Waals surface area contributed by atoms with E-state index >= 15 is 0 Å². The number of benzene rings is 1. The van der Waals surface area contributed by atoms with Crippen molar-refractivity contribution in [1.29, 1.82) is 0 Å². The predicted octanol–water partition coefficient (Wildman–Crippen LogP) is 1.76. The Labute approximate surface area is 92.0 Å². The molecular weight excluding hydrogens is 246 g/mol. The zero-order valence-corrected chi connectivity index (χ0v) is 9.84. The Kier molecular flexibility index (Phi) is 3.92. The topological polar surface area (TPSA) is 55.5 Å². The third-order valence-corrected chi connectivity index (χ3v) is 2.75. The number of methoxy groups -OCH3 is 1.